The van der Waals surface area contributed by atoms with Gasteiger partial charge in [-0.3, -0.25) is 4.79 Å². The fourth-order valence-electron chi connectivity index (χ4n) is 1.51. The van der Waals surface area contributed by atoms with Crippen LogP contribution < -0.4 is 11.1 Å². The highest BCUT2D eigenvalue weighted by Gasteiger charge is 2.08. The highest BCUT2D eigenvalue weighted by atomic mass is 16.1. The number of aromatic nitrogens is 1. The second-order valence-electron chi connectivity index (χ2n) is 3.58. The Kier molecular flexibility index (Phi) is 3.21. The van der Waals surface area contributed by atoms with E-state index in [0.717, 1.165) is 0 Å². The molecule has 1 aromatic heterocycles. The number of rotatable bonds is 3. The van der Waals surface area contributed by atoms with Crippen LogP contribution in [0.1, 0.15) is 15.9 Å². The minimum absolute atomic E-state index is 0.305. The molecule has 1 aromatic carbocycles. The average Bonchev–Trinajstić information content (AvgIpc) is 2.39. The lowest BCUT2D eigenvalue weighted by Gasteiger charge is -2.08. The highest BCUT2D eigenvalue weighted by molar-refractivity contribution is 5.98. The van der Waals surface area contributed by atoms with Gasteiger partial charge in [0.05, 0.1) is 17.2 Å². The zero-order valence-electron chi connectivity index (χ0n) is 9.42. The Bertz CT molecular complexity index is 631. The SMILES string of the molecule is N#Cc1cccc(Nc2ncccc2C(N)=O)c1. The Morgan fingerprint density at radius 3 is 2.89 bits per heavy atom. The van der Waals surface area contributed by atoms with Crippen molar-refractivity contribution < 1.29 is 4.79 Å². The molecular weight excluding hydrogens is 228 g/mol. The maximum atomic E-state index is 11.2. The number of hydrogen-bond acceptors (Lipinski definition) is 4. The first-order valence-corrected chi connectivity index (χ1v) is 5.22. The van der Waals surface area contributed by atoms with Crippen LogP contribution in [0.3, 0.4) is 0 Å². The lowest BCUT2D eigenvalue weighted by Crippen LogP contribution is -2.14. The van der Waals surface area contributed by atoms with Crippen molar-refractivity contribution in [3.63, 3.8) is 0 Å². The fraction of sp³-hybridized carbons (Fsp3) is 0. The number of nitriles is 1. The number of benzene rings is 1. The summed E-state index contributed by atoms with van der Waals surface area (Å²) in [5.41, 5.74) is 6.76. The highest BCUT2D eigenvalue weighted by Crippen LogP contribution is 2.18. The van der Waals surface area contributed by atoms with E-state index in [9.17, 15) is 4.79 Å². The molecule has 0 bridgehead atoms. The Morgan fingerprint density at radius 1 is 1.33 bits per heavy atom. The first-order chi connectivity index (χ1) is 8.70. The molecule has 0 unspecified atom stereocenters. The molecule has 0 radical (unpaired) electrons. The van der Waals surface area contributed by atoms with Gasteiger partial charge in [-0.1, -0.05) is 6.07 Å². The van der Waals surface area contributed by atoms with Gasteiger partial charge >= 0.3 is 0 Å². The van der Waals surface area contributed by atoms with Crippen LogP contribution in [-0.2, 0) is 0 Å². The van der Waals surface area contributed by atoms with Crippen molar-refractivity contribution in [1.82, 2.24) is 4.98 Å². The predicted molar refractivity (Wildman–Crippen MR) is 67.2 cm³/mol. The number of nitrogens with one attached hydrogen (secondary N) is 1. The number of amides is 1. The summed E-state index contributed by atoms with van der Waals surface area (Å²) in [7, 11) is 0. The third-order valence-electron chi connectivity index (χ3n) is 2.33. The van der Waals surface area contributed by atoms with Gasteiger partial charge in [0.15, 0.2) is 0 Å². The summed E-state index contributed by atoms with van der Waals surface area (Å²) in [6.07, 6.45) is 1.56. The smallest absolute Gasteiger partial charge is 0.252 e. The van der Waals surface area contributed by atoms with E-state index in [0.29, 0.717) is 22.6 Å². The Labute approximate surface area is 104 Å². The van der Waals surface area contributed by atoms with Crippen molar-refractivity contribution in [1.29, 1.82) is 5.26 Å². The van der Waals surface area contributed by atoms with Crippen molar-refractivity contribution in [2.45, 2.75) is 0 Å². The Morgan fingerprint density at radius 2 is 2.17 bits per heavy atom. The molecule has 0 aliphatic rings. The van der Waals surface area contributed by atoms with Gasteiger partial charge in [0.1, 0.15) is 5.82 Å². The third-order valence-corrected chi connectivity index (χ3v) is 2.33. The van der Waals surface area contributed by atoms with E-state index >= 15 is 0 Å². The molecule has 0 fully saturated rings. The third kappa shape index (κ3) is 2.44. The van der Waals surface area contributed by atoms with Crippen molar-refractivity contribution in [2.75, 3.05) is 5.32 Å². The minimum atomic E-state index is -0.554. The van der Waals surface area contributed by atoms with Crippen LogP contribution in [0.25, 0.3) is 0 Å². The first kappa shape index (κ1) is 11.6. The molecule has 1 heterocycles. The molecule has 0 atom stereocenters. The molecule has 0 spiro atoms. The monoisotopic (exact) mass is 238 g/mol. The number of carbonyl (C=O) groups is 1. The van der Waals surface area contributed by atoms with Crippen molar-refractivity contribution in [2.24, 2.45) is 5.73 Å². The van der Waals surface area contributed by atoms with E-state index in [2.05, 4.69) is 10.3 Å². The number of carbonyl (C=O) groups excluding carboxylic acids is 1. The summed E-state index contributed by atoms with van der Waals surface area (Å²) in [5, 5.41) is 11.8. The van der Waals surface area contributed by atoms with Gasteiger partial charge in [0.25, 0.3) is 5.91 Å². The molecule has 18 heavy (non-hydrogen) atoms. The summed E-state index contributed by atoms with van der Waals surface area (Å²) >= 11 is 0. The topological polar surface area (TPSA) is 91.8 Å². The number of nitrogens with two attached hydrogens (primary N) is 1. The molecule has 3 N–H and O–H groups in total. The maximum absolute atomic E-state index is 11.2. The van der Waals surface area contributed by atoms with Gasteiger partial charge in [0, 0.05) is 11.9 Å². The fourth-order valence-corrected chi connectivity index (χ4v) is 1.51. The Hall–Kier alpha value is -2.87. The summed E-state index contributed by atoms with van der Waals surface area (Å²) in [4.78, 5) is 15.3. The van der Waals surface area contributed by atoms with Crippen LogP contribution in [0.2, 0.25) is 0 Å². The van der Waals surface area contributed by atoms with Gasteiger partial charge in [-0.2, -0.15) is 5.26 Å². The molecular formula is C13H10N4O. The van der Waals surface area contributed by atoms with Gasteiger partial charge in [-0.05, 0) is 30.3 Å². The minimum Gasteiger partial charge on any atom is -0.365 e. The summed E-state index contributed by atoms with van der Waals surface area (Å²) in [6.45, 7) is 0. The zero-order chi connectivity index (χ0) is 13.0. The van der Waals surface area contributed by atoms with E-state index in [1.54, 1.807) is 42.6 Å². The maximum Gasteiger partial charge on any atom is 0.252 e. The second kappa shape index (κ2) is 4.97. The lowest BCUT2D eigenvalue weighted by atomic mass is 10.2. The molecule has 5 nitrogen and oxygen atoms in total. The number of nitrogens with zero attached hydrogens (tertiary/aromatic N) is 2. The summed E-state index contributed by atoms with van der Waals surface area (Å²) in [6, 6.07) is 12.1. The van der Waals surface area contributed by atoms with Crippen LogP contribution in [0.5, 0.6) is 0 Å². The van der Waals surface area contributed by atoms with E-state index in [1.807, 2.05) is 6.07 Å². The van der Waals surface area contributed by atoms with Gasteiger partial charge in [0.2, 0.25) is 0 Å². The second-order valence-corrected chi connectivity index (χ2v) is 3.58. The molecule has 1 amide bonds. The number of primary amides is 1. The molecule has 88 valence electrons. The lowest BCUT2D eigenvalue weighted by molar-refractivity contribution is 0.100. The van der Waals surface area contributed by atoms with E-state index < -0.39 is 5.91 Å². The number of hydrogen-bond donors (Lipinski definition) is 2. The molecule has 0 saturated carbocycles. The standard InChI is InChI=1S/C13H10N4O/c14-8-9-3-1-4-10(7-9)17-13-11(12(15)18)5-2-6-16-13/h1-7H,(H2,15,18)(H,16,17). The Balaban J connectivity index is 2.34. The quantitative estimate of drug-likeness (QED) is 0.852. The van der Waals surface area contributed by atoms with Crippen LogP contribution in [0.15, 0.2) is 42.6 Å². The zero-order valence-corrected chi connectivity index (χ0v) is 9.42. The number of anilines is 2. The van der Waals surface area contributed by atoms with E-state index in [4.69, 9.17) is 11.0 Å². The van der Waals surface area contributed by atoms with Crippen LogP contribution >= 0.6 is 0 Å². The van der Waals surface area contributed by atoms with Gasteiger partial charge < -0.3 is 11.1 Å². The molecule has 0 aliphatic carbocycles. The molecule has 2 aromatic rings. The molecule has 0 saturated heterocycles. The predicted octanol–water partition coefficient (Wildman–Crippen LogP) is 1.80. The largest absolute Gasteiger partial charge is 0.365 e. The van der Waals surface area contributed by atoms with Crippen molar-refractivity contribution in [3.05, 3.63) is 53.7 Å². The summed E-state index contributed by atoms with van der Waals surface area (Å²) < 4.78 is 0. The number of pyridine rings is 1. The van der Waals surface area contributed by atoms with Gasteiger partial charge in [-0.25, -0.2) is 4.98 Å². The average molecular weight is 238 g/mol. The van der Waals surface area contributed by atoms with Crippen LogP contribution in [0.4, 0.5) is 11.5 Å². The first-order valence-electron chi connectivity index (χ1n) is 5.22. The van der Waals surface area contributed by atoms with Crippen LogP contribution in [-0.4, -0.2) is 10.9 Å². The van der Waals surface area contributed by atoms with Crippen molar-refractivity contribution >= 4 is 17.4 Å². The van der Waals surface area contributed by atoms with Crippen molar-refractivity contribution in [3.8, 4) is 6.07 Å². The molecule has 2 rings (SSSR count). The molecule has 5 heteroatoms. The molecule has 0 aliphatic heterocycles. The van der Waals surface area contributed by atoms with E-state index in [1.165, 1.54) is 0 Å². The van der Waals surface area contributed by atoms with Crippen LogP contribution in [0, 0.1) is 11.3 Å². The van der Waals surface area contributed by atoms with E-state index in [-0.39, 0.29) is 0 Å². The normalized spacial score (nSPS) is 9.50. The van der Waals surface area contributed by atoms with Gasteiger partial charge in [-0.15, -0.1) is 0 Å². The summed E-state index contributed by atoms with van der Waals surface area (Å²) in [5.74, 6) is -0.179.